The molecular weight excluding hydrogens is 366 g/mol. The minimum Gasteiger partial charge on any atom is -0.278 e. The molecule has 0 unspecified atom stereocenters. The van der Waals surface area contributed by atoms with Crippen LogP contribution in [0.2, 0.25) is 0 Å². The van der Waals surface area contributed by atoms with Gasteiger partial charge in [-0.05, 0) is 31.0 Å². The van der Waals surface area contributed by atoms with Crippen LogP contribution in [0.4, 0.5) is 0 Å². The van der Waals surface area contributed by atoms with Crippen LogP contribution in [-0.2, 0) is 7.05 Å². The first-order valence-corrected chi connectivity index (χ1v) is 9.41. The zero-order valence-corrected chi connectivity index (χ0v) is 15.5. The third-order valence-electron chi connectivity index (χ3n) is 5.56. The van der Waals surface area contributed by atoms with Crippen LogP contribution in [0.5, 0.6) is 0 Å². The molecular formula is C21H15N7O. The molecule has 8 heteroatoms. The average molecular weight is 381 g/mol. The molecule has 8 nitrogen and oxygen atoms in total. The monoisotopic (exact) mass is 381 g/mol. The molecule has 1 saturated carbocycles. The Labute approximate surface area is 164 Å². The zero-order valence-electron chi connectivity index (χ0n) is 15.5. The summed E-state index contributed by atoms with van der Waals surface area (Å²) < 4.78 is 3.23. The van der Waals surface area contributed by atoms with Crippen molar-refractivity contribution in [3.05, 3.63) is 58.3 Å². The van der Waals surface area contributed by atoms with E-state index in [4.69, 9.17) is 4.98 Å². The number of aryl methyl sites for hydroxylation is 1. The Bertz CT molecular complexity index is 1560. The molecule has 29 heavy (non-hydrogen) atoms. The van der Waals surface area contributed by atoms with E-state index in [-0.39, 0.29) is 11.5 Å². The van der Waals surface area contributed by atoms with Crippen molar-refractivity contribution in [3.63, 3.8) is 0 Å². The van der Waals surface area contributed by atoms with Gasteiger partial charge in [0.2, 0.25) is 0 Å². The summed E-state index contributed by atoms with van der Waals surface area (Å²) in [7, 11) is 1.78. The second kappa shape index (κ2) is 5.52. The van der Waals surface area contributed by atoms with Crippen molar-refractivity contribution in [1.82, 2.24) is 29.5 Å². The number of benzene rings is 1. The molecule has 1 aliphatic rings. The number of fused-ring (bicyclic) bond motifs is 4. The number of nitriles is 1. The molecule has 0 bridgehead atoms. The Balaban J connectivity index is 1.85. The molecule has 0 saturated heterocycles. The Morgan fingerprint density at radius 1 is 1.24 bits per heavy atom. The van der Waals surface area contributed by atoms with E-state index in [1.54, 1.807) is 22.5 Å². The highest BCUT2D eigenvalue weighted by Gasteiger charge is 2.29. The highest BCUT2D eigenvalue weighted by atomic mass is 16.1. The van der Waals surface area contributed by atoms with Crippen molar-refractivity contribution in [2.24, 2.45) is 7.05 Å². The summed E-state index contributed by atoms with van der Waals surface area (Å²) in [5, 5.41) is 23.4. The van der Waals surface area contributed by atoms with Crippen molar-refractivity contribution >= 4 is 32.8 Å². The van der Waals surface area contributed by atoms with Crippen molar-refractivity contribution in [3.8, 4) is 11.8 Å². The molecule has 0 amide bonds. The largest absolute Gasteiger partial charge is 0.285 e. The maximum atomic E-state index is 13.5. The summed E-state index contributed by atoms with van der Waals surface area (Å²) in [6.07, 6.45) is 5.55. The number of aromatic nitrogens is 6. The Morgan fingerprint density at radius 3 is 2.90 bits per heavy atom. The van der Waals surface area contributed by atoms with Crippen molar-refractivity contribution in [2.45, 2.75) is 18.8 Å². The fourth-order valence-electron chi connectivity index (χ4n) is 4.06. The fourth-order valence-corrected chi connectivity index (χ4v) is 4.06. The first kappa shape index (κ1) is 16.0. The standard InChI is InChI=1S/C21H15N7O/c1-27-10-15-13-7-12(8-22)18(11-5-6-11)24-20(13)28(21(29)19(15)26-27)17-4-2-3-16-14(17)9-23-25-16/h2-4,7,9-11H,5-6H2,1H3,(H,23,25). The molecule has 0 atom stereocenters. The van der Waals surface area contributed by atoms with Crippen LogP contribution >= 0.6 is 0 Å². The van der Waals surface area contributed by atoms with Crippen LogP contribution in [-0.4, -0.2) is 29.5 Å². The van der Waals surface area contributed by atoms with E-state index in [1.165, 1.54) is 0 Å². The van der Waals surface area contributed by atoms with E-state index in [9.17, 15) is 10.1 Å². The molecule has 1 fully saturated rings. The average Bonchev–Trinajstić information content (AvgIpc) is 3.32. The Hall–Kier alpha value is -3.99. The summed E-state index contributed by atoms with van der Waals surface area (Å²) in [5.41, 5.74) is 3.53. The minimum atomic E-state index is -0.235. The van der Waals surface area contributed by atoms with Crippen LogP contribution < -0.4 is 5.56 Å². The molecule has 0 aliphatic heterocycles. The van der Waals surface area contributed by atoms with E-state index in [0.717, 1.165) is 34.8 Å². The SMILES string of the molecule is Cn1cc2c(n1)c(=O)n(-c1cccc3[nH]ncc13)c1nc(C3CC3)c(C#N)cc21. The summed E-state index contributed by atoms with van der Waals surface area (Å²) in [6.45, 7) is 0. The predicted octanol–water partition coefficient (Wildman–Crippen LogP) is 2.90. The number of nitrogens with zero attached hydrogens (tertiary/aromatic N) is 6. The highest BCUT2D eigenvalue weighted by molar-refractivity contribution is 6.04. The topological polar surface area (TPSA) is 105 Å². The van der Waals surface area contributed by atoms with Gasteiger partial charge in [-0.25, -0.2) is 4.98 Å². The molecule has 1 aromatic carbocycles. The molecule has 0 radical (unpaired) electrons. The third-order valence-corrected chi connectivity index (χ3v) is 5.56. The van der Waals surface area contributed by atoms with Gasteiger partial charge in [0.25, 0.3) is 5.56 Å². The summed E-state index contributed by atoms with van der Waals surface area (Å²) in [4.78, 5) is 18.4. The lowest BCUT2D eigenvalue weighted by Gasteiger charge is -2.13. The normalized spacial score (nSPS) is 14.1. The zero-order chi connectivity index (χ0) is 19.7. The lowest BCUT2D eigenvalue weighted by molar-refractivity contribution is 0.777. The Morgan fingerprint density at radius 2 is 2.10 bits per heavy atom. The third kappa shape index (κ3) is 2.18. The lowest BCUT2D eigenvalue weighted by Crippen LogP contribution is -2.21. The summed E-state index contributed by atoms with van der Waals surface area (Å²) in [6, 6.07) is 9.81. The van der Waals surface area contributed by atoms with Crippen LogP contribution in [0.1, 0.15) is 30.0 Å². The van der Waals surface area contributed by atoms with Crippen molar-refractivity contribution in [1.29, 1.82) is 5.26 Å². The summed E-state index contributed by atoms with van der Waals surface area (Å²) >= 11 is 0. The van der Waals surface area contributed by atoms with E-state index in [0.29, 0.717) is 27.8 Å². The van der Waals surface area contributed by atoms with Crippen LogP contribution in [0, 0.1) is 11.3 Å². The molecule has 4 heterocycles. The van der Waals surface area contributed by atoms with Gasteiger partial charge in [-0.3, -0.25) is 19.1 Å². The van der Waals surface area contributed by atoms with Gasteiger partial charge in [-0.2, -0.15) is 15.5 Å². The highest BCUT2D eigenvalue weighted by Crippen LogP contribution is 2.41. The number of H-pyrrole nitrogens is 1. The van der Waals surface area contributed by atoms with Gasteiger partial charge in [0.1, 0.15) is 11.7 Å². The maximum Gasteiger partial charge on any atom is 0.285 e. The quantitative estimate of drug-likeness (QED) is 0.506. The molecule has 6 rings (SSSR count). The maximum absolute atomic E-state index is 13.5. The molecule has 1 N–H and O–H groups in total. The van der Waals surface area contributed by atoms with Crippen LogP contribution in [0.3, 0.4) is 0 Å². The number of nitrogens with one attached hydrogen (secondary N) is 1. The van der Waals surface area contributed by atoms with E-state index >= 15 is 0 Å². The molecule has 1 aliphatic carbocycles. The number of hydrogen-bond donors (Lipinski definition) is 1. The van der Waals surface area contributed by atoms with E-state index in [2.05, 4.69) is 21.4 Å². The van der Waals surface area contributed by atoms with Gasteiger partial charge in [-0.1, -0.05) is 6.07 Å². The minimum absolute atomic E-state index is 0.235. The second-order valence-corrected chi connectivity index (χ2v) is 7.49. The fraction of sp³-hybridized carbons (Fsp3) is 0.190. The molecule has 4 aromatic heterocycles. The first-order valence-electron chi connectivity index (χ1n) is 9.41. The van der Waals surface area contributed by atoms with Gasteiger partial charge in [0, 0.05) is 35.3 Å². The van der Waals surface area contributed by atoms with E-state index < -0.39 is 0 Å². The first-order chi connectivity index (χ1) is 14.2. The van der Waals surface area contributed by atoms with E-state index in [1.807, 2.05) is 30.5 Å². The van der Waals surface area contributed by atoms with Crippen LogP contribution in [0.25, 0.3) is 38.5 Å². The van der Waals surface area contributed by atoms with Gasteiger partial charge in [-0.15, -0.1) is 0 Å². The molecule has 5 aromatic rings. The molecule has 0 spiro atoms. The number of pyridine rings is 2. The number of rotatable bonds is 2. The Kier molecular flexibility index (Phi) is 3.04. The van der Waals surface area contributed by atoms with Crippen molar-refractivity contribution in [2.75, 3.05) is 0 Å². The van der Waals surface area contributed by atoms with Gasteiger partial charge in [0.15, 0.2) is 5.52 Å². The number of aromatic amines is 1. The van der Waals surface area contributed by atoms with Gasteiger partial charge in [0.05, 0.1) is 28.7 Å². The van der Waals surface area contributed by atoms with Crippen molar-refractivity contribution < 1.29 is 0 Å². The second-order valence-electron chi connectivity index (χ2n) is 7.49. The van der Waals surface area contributed by atoms with Gasteiger partial charge >= 0.3 is 0 Å². The van der Waals surface area contributed by atoms with Gasteiger partial charge < -0.3 is 0 Å². The van der Waals surface area contributed by atoms with Crippen LogP contribution in [0.15, 0.2) is 41.5 Å². The number of hydrogen-bond acceptors (Lipinski definition) is 5. The predicted molar refractivity (Wildman–Crippen MR) is 108 cm³/mol. The lowest BCUT2D eigenvalue weighted by atomic mass is 10.1. The molecule has 140 valence electrons. The smallest absolute Gasteiger partial charge is 0.278 e. The summed E-state index contributed by atoms with van der Waals surface area (Å²) in [5.74, 6) is 0.284.